The number of aromatic nitrogens is 2. The van der Waals surface area contributed by atoms with E-state index in [4.69, 9.17) is 0 Å². The topological polar surface area (TPSA) is 17.8 Å². The summed E-state index contributed by atoms with van der Waals surface area (Å²) in [6.45, 7) is 4.40. The molecule has 0 atom stereocenters. The van der Waals surface area contributed by atoms with Crippen molar-refractivity contribution >= 4 is 22.0 Å². The normalized spacial score (nSPS) is 12.5. The van der Waals surface area contributed by atoms with Crippen molar-refractivity contribution < 1.29 is 0 Å². The first kappa shape index (κ1) is 10.5. The molecule has 0 aliphatic carbocycles. The molecule has 2 nitrogen and oxygen atoms in total. The predicted octanol–water partition coefficient (Wildman–Crippen LogP) is 2.85. The van der Waals surface area contributed by atoms with Gasteiger partial charge in [0.2, 0.25) is 0 Å². The molecule has 0 saturated heterocycles. The first-order valence-electron chi connectivity index (χ1n) is 4.38. The summed E-state index contributed by atoms with van der Waals surface area (Å²) >= 11 is 3.49. The monoisotopic (exact) mass is 242 g/mol. The lowest BCUT2D eigenvalue weighted by atomic mass is 10.0. The van der Waals surface area contributed by atoms with Gasteiger partial charge in [0.05, 0.1) is 6.20 Å². The molecule has 3 heteroatoms. The number of halogens is 1. The van der Waals surface area contributed by atoms with Crippen LogP contribution in [0.3, 0.4) is 0 Å². The van der Waals surface area contributed by atoms with Crippen molar-refractivity contribution in [1.29, 1.82) is 0 Å². The average molecular weight is 243 g/mol. The fraction of sp³-hybridized carbons (Fsp3) is 0.500. The molecule has 0 aromatic carbocycles. The van der Waals surface area contributed by atoms with Crippen LogP contribution in [0.25, 0.3) is 6.08 Å². The van der Waals surface area contributed by atoms with Crippen LogP contribution < -0.4 is 0 Å². The van der Waals surface area contributed by atoms with Gasteiger partial charge in [0.1, 0.15) is 0 Å². The van der Waals surface area contributed by atoms with E-state index in [1.54, 1.807) is 0 Å². The van der Waals surface area contributed by atoms with Crippen molar-refractivity contribution in [1.82, 2.24) is 9.78 Å². The molecule has 72 valence electrons. The number of hydrogen-bond donors (Lipinski definition) is 0. The molecular formula is C10H15BrN2. The Morgan fingerprint density at radius 1 is 1.69 bits per heavy atom. The lowest BCUT2D eigenvalue weighted by Gasteiger charge is -2.06. The molecule has 0 radical (unpaired) electrons. The highest BCUT2D eigenvalue weighted by Gasteiger charge is 2.01. The van der Waals surface area contributed by atoms with E-state index in [9.17, 15) is 0 Å². The summed E-state index contributed by atoms with van der Waals surface area (Å²) in [5, 5.41) is 5.05. The second-order valence-corrected chi connectivity index (χ2v) is 4.02. The van der Waals surface area contributed by atoms with E-state index < -0.39 is 0 Å². The number of alkyl halides is 1. The van der Waals surface area contributed by atoms with Crippen molar-refractivity contribution in [3.63, 3.8) is 0 Å². The van der Waals surface area contributed by atoms with Crippen molar-refractivity contribution in [3.05, 3.63) is 23.5 Å². The number of hydrogen-bond acceptors (Lipinski definition) is 1. The highest BCUT2D eigenvalue weighted by atomic mass is 79.9. The van der Waals surface area contributed by atoms with E-state index in [1.165, 1.54) is 11.1 Å². The van der Waals surface area contributed by atoms with E-state index in [1.807, 2.05) is 24.1 Å². The predicted molar refractivity (Wildman–Crippen MR) is 59.8 cm³/mol. The fourth-order valence-corrected chi connectivity index (χ4v) is 1.90. The standard InChI is InChI=1S/C10H15BrN2/c1-8(2)10(5-11)4-9-6-12-13(3)7-9/h4,6-8H,5H2,1-3H3/b10-4-. The average Bonchev–Trinajstić information content (AvgIpc) is 2.46. The summed E-state index contributed by atoms with van der Waals surface area (Å²) in [6.07, 6.45) is 6.09. The van der Waals surface area contributed by atoms with Crippen molar-refractivity contribution in [3.8, 4) is 0 Å². The SMILES string of the molecule is CC(C)/C(=C\c1cnn(C)c1)CBr. The molecule has 1 aromatic rings. The van der Waals surface area contributed by atoms with Crippen LogP contribution in [0.2, 0.25) is 0 Å². The number of rotatable bonds is 3. The summed E-state index contributed by atoms with van der Waals surface area (Å²) in [6, 6.07) is 0. The van der Waals surface area contributed by atoms with Gasteiger partial charge >= 0.3 is 0 Å². The van der Waals surface area contributed by atoms with Gasteiger partial charge in [-0.25, -0.2) is 0 Å². The number of aryl methyl sites for hydroxylation is 1. The largest absolute Gasteiger partial charge is 0.275 e. The van der Waals surface area contributed by atoms with Crippen LogP contribution in [0.5, 0.6) is 0 Å². The second kappa shape index (κ2) is 4.61. The first-order chi connectivity index (χ1) is 6.13. The maximum absolute atomic E-state index is 4.12. The molecule has 1 rings (SSSR count). The summed E-state index contributed by atoms with van der Waals surface area (Å²) in [5.74, 6) is 0.583. The molecule has 0 bridgehead atoms. The lowest BCUT2D eigenvalue weighted by molar-refractivity contribution is 0.767. The quantitative estimate of drug-likeness (QED) is 0.746. The molecule has 0 aliphatic rings. The summed E-state index contributed by atoms with van der Waals surface area (Å²) < 4.78 is 1.82. The van der Waals surface area contributed by atoms with E-state index >= 15 is 0 Å². The zero-order chi connectivity index (χ0) is 9.84. The highest BCUT2D eigenvalue weighted by molar-refractivity contribution is 9.09. The Hall–Kier alpha value is -0.570. The van der Waals surface area contributed by atoms with Crippen LogP contribution >= 0.6 is 15.9 Å². The molecular weight excluding hydrogens is 228 g/mol. The third-order valence-electron chi connectivity index (χ3n) is 1.97. The molecule has 1 aromatic heterocycles. The molecule has 0 fully saturated rings. The van der Waals surface area contributed by atoms with Gasteiger partial charge in [0.15, 0.2) is 0 Å². The molecule has 0 aliphatic heterocycles. The van der Waals surface area contributed by atoms with Gasteiger partial charge in [-0.1, -0.05) is 41.4 Å². The molecule has 0 saturated carbocycles. The minimum Gasteiger partial charge on any atom is -0.275 e. The summed E-state index contributed by atoms with van der Waals surface area (Å²) in [5.41, 5.74) is 2.57. The Kier molecular flexibility index (Phi) is 3.72. The maximum atomic E-state index is 4.12. The van der Waals surface area contributed by atoms with Crippen LogP contribution in [0.1, 0.15) is 19.4 Å². The van der Waals surface area contributed by atoms with Crippen molar-refractivity contribution in [2.24, 2.45) is 13.0 Å². The van der Waals surface area contributed by atoms with Gasteiger partial charge in [0, 0.05) is 24.1 Å². The smallest absolute Gasteiger partial charge is 0.0562 e. The second-order valence-electron chi connectivity index (χ2n) is 3.45. The zero-order valence-electron chi connectivity index (χ0n) is 8.29. The molecule has 1 heterocycles. The Balaban J connectivity index is 2.84. The lowest BCUT2D eigenvalue weighted by Crippen LogP contribution is -1.94. The van der Waals surface area contributed by atoms with Gasteiger partial charge < -0.3 is 0 Å². The molecule has 0 spiro atoms. The van der Waals surface area contributed by atoms with Gasteiger partial charge in [-0.05, 0) is 5.92 Å². The Morgan fingerprint density at radius 3 is 2.77 bits per heavy atom. The van der Waals surface area contributed by atoms with E-state index in [2.05, 4.69) is 41.0 Å². The fourth-order valence-electron chi connectivity index (χ4n) is 1.09. The Morgan fingerprint density at radius 2 is 2.38 bits per heavy atom. The molecule has 0 amide bonds. The van der Waals surface area contributed by atoms with Crippen LogP contribution in [0.4, 0.5) is 0 Å². The third kappa shape index (κ3) is 2.99. The van der Waals surface area contributed by atoms with Gasteiger partial charge in [-0.3, -0.25) is 4.68 Å². The summed E-state index contributed by atoms with van der Waals surface area (Å²) in [4.78, 5) is 0. The van der Waals surface area contributed by atoms with Gasteiger partial charge in [-0.2, -0.15) is 5.10 Å². The molecule has 0 N–H and O–H groups in total. The van der Waals surface area contributed by atoms with Crippen LogP contribution in [-0.4, -0.2) is 15.1 Å². The van der Waals surface area contributed by atoms with Crippen LogP contribution in [-0.2, 0) is 7.05 Å². The Labute approximate surface area is 87.8 Å². The van der Waals surface area contributed by atoms with Crippen LogP contribution in [0.15, 0.2) is 18.0 Å². The summed E-state index contributed by atoms with van der Waals surface area (Å²) in [7, 11) is 1.93. The third-order valence-corrected chi connectivity index (χ3v) is 2.62. The maximum Gasteiger partial charge on any atom is 0.0562 e. The highest BCUT2D eigenvalue weighted by Crippen LogP contribution is 2.16. The minimum atomic E-state index is 0.583. The van der Waals surface area contributed by atoms with E-state index in [0.29, 0.717) is 5.92 Å². The van der Waals surface area contributed by atoms with Gasteiger partial charge in [0.25, 0.3) is 0 Å². The van der Waals surface area contributed by atoms with Crippen molar-refractivity contribution in [2.75, 3.05) is 5.33 Å². The van der Waals surface area contributed by atoms with E-state index in [0.717, 1.165) is 5.33 Å². The zero-order valence-corrected chi connectivity index (χ0v) is 9.87. The Bertz CT molecular complexity index is 300. The first-order valence-corrected chi connectivity index (χ1v) is 5.50. The van der Waals surface area contributed by atoms with Crippen molar-refractivity contribution in [2.45, 2.75) is 13.8 Å². The number of allylic oxidation sites excluding steroid dienone is 1. The van der Waals surface area contributed by atoms with E-state index in [-0.39, 0.29) is 0 Å². The molecule has 13 heavy (non-hydrogen) atoms. The van der Waals surface area contributed by atoms with Crippen LogP contribution in [0, 0.1) is 5.92 Å². The minimum absolute atomic E-state index is 0.583. The molecule has 0 unspecified atom stereocenters. The number of nitrogens with zero attached hydrogens (tertiary/aromatic N) is 2. The van der Waals surface area contributed by atoms with Gasteiger partial charge in [-0.15, -0.1) is 0 Å².